The molecule has 0 amide bonds. The minimum absolute atomic E-state index is 0.0275. The van der Waals surface area contributed by atoms with Crippen molar-refractivity contribution in [3.63, 3.8) is 0 Å². The minimum atomic E-state index is -1.31. The summed E-state index contributed by atoms with van der Waals surface area (Å²) in [5.41, 5.74) is -1.02. The summed E-state index contributed by atoms with van der Waals surface area (Å²) in [5.74, 6) is -3.20. The molecule has 0 aromatic rings. The number of hydrogen-bond acceptors (Lipinski definition) is 5. The maximum atomic E-state index is 12.3. The molecule has 2 aliphatic rings. The molecule has 0 aromatic carbocycles. The lowest BCUT2D eigenvalue weighted by Gasteiger charge is -2.30. The Labute approximate surface area is 178 Å². The third-order valence-electron chi connectivity index (χ3n) is 7.43. The van der Waals surface area contributed by atoms with Crippen LogP contribution in [0, 0.1) is 35.0 Å². The Morgan fingerprint density at radius 3 is 2.23 bits per heavy atom. The van der Waals surface area contributed by atoms with Gasteiger partial charge in [-0.25, -0.2) is 0 Å². The zero-order chi connectivity index (χ0) is 23.0. The Balaban J connectivity index is 2.16. The maximum absolute atomic E-state index is 12.3. The van der Waals surface area contributed by atoms with Gasteiger partial charge in [0.2, 0.25) is 0 Å². The Kier molecular flexibility index (Phi) is 6.82. The molecular weight excluding hydrogens is 384 g/mol. The van der Waals surface area contributed by atoms with Gasteiger partial charge in [-0.1, -0.05) is 63.6 Å². The molecule has 0 radical (unpaired) electrons. The van der Waals surface area contributed by atoms with Crippen molar-refractivity contribution in [2.45, 2.75) is 60.2 Å². The Hall–Kier alpha value is -2.21. The lowest BCUT2D eigenvalue weighted by atomic mass is 9.72. The number of ether oxygens (including phenoxy) is 1. The summed E-state index contributed by atoms with van der Waals surface area (Å²) in [7, 11) is 0. The van der Waals surface area contributed by atoms with E-state index in [1.807, 2.05) is 52.0 Å². The van der Waals surface area contributed by atoms with Crippen LogP contribution in [0.5, 0.6) is 0 Å². The number of carboxylic acid groups (broad SMARTS) is 1. The third kappa shape index (κ3) is 4.02. The van der Waals surface area contributed by atoms with Gasteiger partial charge in [0, 0.05) is 11.3 Å². The molecule has 166 valence electrons. The zero-order valence-electron chi connectivity index (χ0n) is 18.9. The number of esters is 1. The number of aliphatic carboxylic acids is 1. The number of aliphatic hydroxyl groups is 1. The van der Waals surface area contributed by atoms with E-state index in [1.54, 1.807) is 26.8 Å². The summed E-state index contributed by atoms with van der Waals surface area (Å²) in [6, 6.07) is 0. The number of hydrogen-bond donors (Lipinski definition) is 2. The van der Waals surface area contributed by atoms with Crippen LogP contribution in [0.4, 0.5) is 0 Å². The van der Waals surface area contributed by atoms with Gasteiger partial charge >= 0.3 is 11.9 Å². The SMILES string of the molecule is C\C(=C/C=C\C=C/[C@]1(C)[C@@H](C)C(=O)O[C@H]1[C@@H](C)C(=O)O)[C@H]1[C@H](C)C(=O)[C@](C)(O)[C@@H]1C. The summed E-state index contributed by atoms with van der Waals surface area (Å²) >= 11 is 0. The average molecular weight is 419 g/mol. The molecule has 0 bridgehead atoms. The van der Waals surface area contributed by atoms with E-state index < -0.39 is 34.9 Å². The molecule has 30 heavy (non-hydrogen) atoms. The van der Waals surface area contributed by atoms with Crippen LogP contribution >= 0.6 is 0 Å². The number of allylic oxidation sites excluding steroid dienone is 5. The summed E-state index contributed by atoms with van der Waals surface area (Å²) in [6.45, 7) is 12.4. The van der Waals surface area contributed by atoms with E-state index in [0.29, 0.717) is 0 Å². The van der Waals surface area contributed by atoms with E-state index in [1.165, 1.54) is 0 Å². The van der Waals surface area contributed by atoms with Crippen LogP contribution in [0.25, 0.3) is 0 Å². The van der Waals surface area contributed by atoms with Gasteiger partial charge in [0.05, 0.1) is 11.8 Å². The first-order chi connectivity index (χ1) is 13.8. The van der Waals surface area contributed by atoms with Crippen molar-refractivity contribution in [1.29, 1.82) is 0 Å². The highest BCUT2D eigenvalue weighted by atomic mass is 16.6. The molecule has 2 fully saturated rings. The van der Waals surface area contributed by atoms with Crippen LogP contribution < -0.4 is 0 Å². The van der Waals surface area contributed by atoms with Crippen molar-refractivity contribution in [2.24, 2.45) is 35.0 Å². The predicted octanol–water partition coefficient (Wildman–Crippen LogP) is 3.56. The minimum Gasteiger partial charge on any atom is -0.481 e. The molecule has 2 N–H and O–H groups in total. The Morgan fingerprint density at radius 1 is 1.13 bits per heavy atom. The first-order valence-electron chi connectivity index (χ1n) is 10.5. The van der Waals surface area contributed by atoms with Crippen molar-refractivity contribution in [1.82, 2.24) is 0 Å². The molecule has 1 heterocycles. The monoisotopic (exact) mass is 418 g/mol. The van der Waals surface area contributed by atoms with E-state index >= 15 is 0 Å². The molecule has 0 spiro atoms. The van der Waals surface area contributed by atoms with Gasteiger partial charge in [0.25, 0.3) is 0 Å². The maximum Gasteiger partial charge on any atom is 0.310 e. The average Bonchev–Trinajstić information content (AvgIpc) is 2.98. The molecule has 8 atom stereocenters. The smallest absolute Gasteiger partial charge is 0.310 e. The largest absolute Gasteiger partial charge is 0.481 e. The highest BCUT2D eigenvalue weighted by molar-refractivity contribution is 5.92. The highest BCUT2D eigenvalue weighted by Gasteiger charge is 2.54. The first-order valence-corrected chi connectivity index (χ1v) is 10.5. The molecular formula is C24H34O6. The standard InChI is InChI=1S/C24H34O6/c1-13(18-14(2)19(25)24(7,29)16(18)4)11-9-8-10-12-23(6)17(5)22(28)30-20(23)15(3)21(26)27/h8-12,14-18,20,29H,1-7H3,(H,26,27)/b9-8-,12-10-,13-11+/t14-,15+,16+,17-,18-,20-,23+,24+/m0/s1. The number of cyclic esters (lactones) is 1. The molecule has 1 saturated heterocycles. The van der Waals surface area contributed by atoms with Gasteiger partial charge in [-0.15, -0.1) is 0 Å². The molecule has 0 aromatic heterocycles. The normalized spacial score (nSPS) is 41.1. The van der Waals surface area contributed by atoms with Gasteiger partial charge in [0.15, 0.2) is 5.78 Å². The van der Waals surface area contributed by atoms with Crippen LogP contribution in [-0.2, 0) is 19.1 Å². The van der Waals surface area contributed by atoms with E-state index in [4.69, 9.17) is 4.74 Å². The molecule has 2 rings (SSSR count). The van der Waals surface area contributed by atoms with Crippen molar-refractivity contribution in [3.05, 3.63) is 36.0 Å². The lowest BCUT2D eigenvalue weighted by Crippen LogP contribution is -2.38. The zero-order valence-corrected chi connectivity index (χ0v) is 18.9. The highest BCUT2D eigenvalue weighted by Crippen LogP contribution is 2.46. The van der Waals surface area contributed by atoms with Gasteiger partial charge in [-0.2, -0.15) is 0 Å². The van der Waals surface area contributed by atoms with Gasteiger partial charge in [-0.05, 0) is 32.6 Å². The van der Waals surface area contributed by atoms with Crippen molar-refractivity contribution < 1.29 is 29.3 Å². The molecule has 1 aliphatic heterocycles. The quantitative estimate of drug-likeness (QED) is 0.505. The second-order valence-corrected chi connectivity index (χ2v) is 9.34. The second kappa shape index (κ2) is 8.50. The predicted molar refractivity (Wildman–Crippen MR) is 113 cm³/mol. The number of rotatable bonds is 6. The number of ketones is 1. The summed E-state index contributed by atoms with van der Waals surface area (Å²) < 4.78 is 5.37. The van der Waals surface area contributed by atoms with E-state index in [9.17, 15) is 24.6 Å². The van der Waals surface area contributed by atoms with E-state index in [2.05, 4.69) is 0 Å². The molecule has 6 heteroatoms. The van der Waals surface area contributed by atoms with Crippen molar-refractivity contribution in [2.75, 3.05) is 0 Å². The van der Waals surface area contributed by atoms with Crippen LogP contribution in [0.3, 0.4) is 0 Å². The topological polar surface area (TPSA) is 101 Å². The fourth-order valence-electron chi connectivity index (χ4n) is 4.93. The number of carbonyl (C=O) groups excluding carboxylic acids is 2. The fraction of sp³-hybridized carbons (Fsp3) is 0.625. The van der Waals surface area contributed by atoms with E-state index in [0.717, 1.165) is 5.57 Å². The van der Waals surface area contributed by atoms with Crippen LogP contribution in [0.2, 0.25) is 0 Å². The van der Waals surface area contributed by atoms with Gasteiger partial charge < -0.3 is 14.9 Å². The number of carboxylic acids is 1. The van der Waals surface area contributed by atoms with Crippen LogP contribution in [-0.4, -0.2) is 39.6 Å². The first kappa shape index (κ1) is 24.1. The van der Waals surface area contributed by atoms with Crippen molar-refractivity contribution in [3.8, 4) is 0 Å². The lowest BCUT2D eigenvalue weighted by molar-refractivity contribution is -0.153. The van der Waals surface area contributed by atoms with Gasteiger partial charge in [-0.3, -0.25) is 14.4 Å². The Bertz CT molecular complexity index is 805. The molecule has 1 saturated carbocycles. The van der Waals surface area contributed by atoms with Crippen molar-refractivity contribution >= 4 is 17.7 Å². The Morgan fingerprint density at radius 2 is 1.73 bits per heavy atom. The number of carbonyl (C=O) groups is 3. The van der Waals surface area contributed by atoms with Gasteiger partial charge in [0.1, 0.15) is 11.7 Å². The van der Waals surface area contributed by atoms with Crippen LogP contribution in [0.15, 0.2) is 36.0 Å². The molecule has 6 nitrogen and oxygen atoms in total. The second-order valence-electron chi connectivity index (χ2n) is 9.34. The van der Waals surface area contributed by atoms with E-state index in [-0.39, 0.29) is 29.5 Å². The summed E-state index contributed by atoms with van der Waals surface area (Å²) in [6.07, 6.45) is 8.50. The molecule has 0 unspecified atom stereocenters. The number of Topliss-reactive ketones (excluding diaryl/α,β-unsaturated/α-hetero) is 1. The van der Waals surface area contributed by atoms with Crippen LogP contribution in [0.1, 0.15) is 48.5 Å². The fourth-order valence-corrected chi connectivity index (χ4v) is 4.93. The summed E-state index contributed by atoms with van der Waals surface area (Å²) in [4.78, 5) is 35.8. The third-order valence-corrected chi connectivity index (χ3v) is 7.43. The molecule has 1 aliphatic carbocycles. The summed E-state index contributed by atoms with van der Waals surface area (Å²) in [5, 5.41) is 19.8.